The molecular formula is C12H19NO3. The number of hydrogen-bond acceptors (Lipinski definition) is 2. The van der Waals surface area contributed by atoms with Crippen LogP contribution in [0, 0.1) is 13.8 Å². The number of carbonyl (C=O) groups is 1. The van der Waals surface area contributed by atoms with Crippen LogP contribution in [0.5, 0.6) is 0 Å². The van der Waals surface area contributed by atoms with E-state index in [-0.39, 0.29) is 6.04 Å². The zero-order chi connectivity index (χ0) is 12.3. The van der Waals surface area contributed by atoms with Crippen LogP contribution in [-0.4, -0.2) is 29.4 Å². The molecule has 0 saturated heterocycles. The van der Waals surface area contributed by atoms with Crippen LogP contribution in [0.25, 0.3) is 0 Å². The molecule has 1 aromatic rings. The van der Waals surface area contributed by atoms with E-state index in [0.29, 0.717) is 12.2 Å². The molecule has 0 saturated carbocycles. The van der Waals surface area contributed by atoms with Gasteiger partial charge in [0.1, 0.15) is 0 Å². The van der Waals surface area contributed by atoms with Crippen molar-refractivity contribution < 1.29 is 14.6 Å². The topological polar surface area (TPSA) is 51.5 Å². The van der Waals surface area contributed by atoms with Gasteiger partial charge >= 0.3 is 5.97 Å². The number of rotatable bonds is 5. The summed E-state index contributed by atoms with van der Waals surface area (Å²) in [4.78, 5) is 11.0. The Balaban J connectivity index is 2.99. The Hall–Kier alpha value is -1.29. The summed E-state index contributed by atoms with van der Waals surface area (Å²) < 4.78 is 7.10. The number of hydrogen-bond donors (Lipinski definition) is 1. The van der Waals surface area contributed by atoms with Crippen LogP contribution in [0.2, 0.25) is 0 Å². The fourth-order valence-corrected chi connectivity index (χ4v) is 2.09. The first-order valence-electron chi connectivity index (χ1n) is 5.39. The maximum absolute atomic E-state index is 11.0. The van der Waals surface area contributed by atoms with Gasteiger partial charge in [0.2, 0.25) is 0 Å². The van der Waals surface area contributed by atoms with Crippen LogP contribution in [0.4, 0.5) is 0 Å². The molecule has 4 heteroatoms. The third-order valence-corrected chi connectivity index (χ3v) is 2.90. The Labute approximate surface area is 95.8 Å². The summed E-state index contributed by atoms with van der Waals surface area (Å²) in [7, 11) is 1.67. The van der Waals surface area contributed by atoms with Gasteiger partial charge in [-0.2, -0.15) is 0 Å². The highest BCUT2D eigenvalue weighted by atomic mass is 16.5. The van der Waals surface area contributed by atoms with Crippen LogP contribution in [0.3, 0.4) is 0 Å². The zero-order valence-corrected chi connectivity index (χ0v) is 10.3. The number of carboxylic acid groups (broad SMARTS) is 1. The Morgan fingerprint density at radius 1 is 1.56 bits per heavy atom. The van der Waals surface area contributed by atoms with Crippen LogP contribution < -0.4 is 0 Å². The summed E-state index contributed by atoms with van der Waals surface area (Å²) in [5.74, 6) is -0.863. The van der Waals surface area contributed by atoms with Gasteiger partial charge in [0.05, 0.1) is 5.56 Å². The minimum absolute atomic E-state index is 0.257. The summed E-state index contributed by atoms with van der Waals surface area (Å²) >= 11 is 0. The Morgan fingerprint density at radius 3 is 2.62 bits per heavy atom. The molecule has 1 aromatic heterocycles. The molecule has 1 heterocycles. The van der Waals surface area contributed by atoms with Crippen LogP contribution in [-0.2, 0) is 4.74 Å². The van der Waals surface area contributed by atoms with Gasteiger partial charge < -0.3 is 14.4 Å². The van der Waals surface area contributed by atoms with Crippen molar-refractivity contribution in [1.82, 2.24) is 4.57 Å². The van der Waals surface area contributed by atoms with Gasteiger partial charge in [-0.3, -0.25) is 0 Å². The highest BCUT2D eigenvalue weighted by Crippen LogP contribution is 2.22. The van der Waals surface area contributed by atoms with Gasteiger partial charge in [-0.05, 0) is 33.3 Å². The molecule has 4 nitrogen and oxygen atoms in total. The molecule has 1 unspecified atom stereocenters. The second kappa shape index (κ2) is 5.16. The minimum atomic E-state index is -0.863. The SMILES string of the molecule is COCCC(C)n1c(C)cc(C(=O)O)c1C. The third kappa shape index (κ3) is 2.44. The highest BCUT2D eigenvalue weighted by molar-refractivity contribution is 5.89. The van der Waals surface area contributed by atoms with Crippen molar-refractivity contribution in [3.8, 4) is 0 Å². The van der Waals surface area contributed by atoms with Gasteiger partial charge in [0, 0.05) is 31.1 Å². The quantitative estimate of drug-likeness (QED) is 0.837. The second-order valence-electron chi connectivity index (χ2n) is 4.09. The Morgan fingerprint density at radius 2 is 2.19 bits per heavy atom. The highest BCUT2D eigenvalue weighted by Gasteiger charge is 2.17. The van der Waals surface area contributed by atoms with Crippen LogP contribution in [0.1, 0.15) is 41.1 Å². The molecule has 90 valence electrons. The maximum atomic E-state index is 11.0. The molecule has 0 amide bonds. The number of aryl methyl sites for hydroxylation is 1. The van der Waals surface area contributed by atoms with Crippen LogP contribution >= 0.6 is 0 Å². The molecule has 0 aliphatic carbocycles. The van der Waals surface area contributed by atoms with Crippen molar-refractivity contribution in [3.63, 3.8) is 0 Å². The number of ether oxygens (including phenoxy) is 1. The van der Waals surface area contributed by atoms with E-state index in [1.165, 1.54) is 0 Å². The van der Waals surface area contributed by atoms with Crippen molar-refractivity contribution in [1.29, 1.82) is 0 Å². The molecule has 0 aromatic carbocycles. The average Bonchev–Trinajstić information content (AvgIpc) is 2.51. The molecule has 16 heavy (non-hydrogen) atoms. The molecule has 1 rings (SSSR count). The van der Waals surface area contributed by atoms with Gasteiger partial charge in [-0.1, -0.05) is 0 Å². The summed E-state index contributed by atoms with van der Waals surface area (Å²) in [6, 6.07) is 1.98. The fourth-order valence-electron chi connectivity index (χ4n) is 2.09. The summed E-state index contributed by atoms with van der Waals surface area (Å²) in [5.41, 5.74) is 2.19. The normalized spacial score (nSPS) is 12.8. The van der Waals surface area contributed by atoms with Crippen molar-refractivity contribution >= 4 is 5.97 Å². The first kappa shape index (κ1) is 12.8. The molecule has 0 radical (unpaired) electrons. The predicted molar refractivity (Wildman–Crippen MR) is 62.1 cm³/mol. The third-order valence-electron chi connectivity index (χ3n) is 2.90. The summed E-state index contributed by atoms with van der Waals surface area (Å²) in [6.07, 6.45) is 0.881. The standard InChI is InChI=1S/C12H19NO3/c1-8(5-6-16-4)13-9(2)7-11(10(13)3)12(14)15/h7-8H,5-6H2,1-4H3,(H,14,15). The molecule has 1 atom stereocenters. The van der Waals surface area contributed by atoms with E-state index in [0.717, 1.165) is 17.8 Å². The largest absolute Gasteiger partial charge is 0.478 e. The second-order valence-corrected chi connectivity index (χ2v) is 4.09. The lowest BCUT2D eigenvalue weighted by molar-refractivity contribution is 0.0696. The smallest absolute Gasteiger partial charge is 0.337 e. The first-order valence-corrected chi connectivity index (χ1v) is 5.39. The molecule has 0 aliphatic rings. The molecule has 0 aliphatic heterocycles. The Bertz CT molecular complexity index is 382. The van der Waals surface area contributed by atoms with Gasteiger partial charge in [0.25, 0.3) is 0 Å². The van der Waals surface area contributed by atoms with E-state index in [4.69, 9.17) is 9.84 Å². The van der Waals surface area contributed by atoms with E-state index >= 15 is 0 Å². The molecular weight excluding hydrogens is 206 g/mol. The average molecular weight is 225 g/mol. The van der Waals surface area contributed by atoms with E-state index in [1.54, 1.807) is 13.2 Å². The summed E-state index contributed by atoms with van der Waals surface area (Å²) in [5, 5.41) is 9.02. The van der Waals surface area contributed by atoms with Crippen LogP contribution in [0.15, 0.2) is 6.07 Å². The van der Waals surface area contributed by atoms with Gasteiger partial charge in [-0.25, -0.2) is 4.79 Å². The molecule has 0 spiro atoms. The number of nitrogens with zero attached hydrogens (tertiary/aromatic N) is 1. The van der Waals surface area contributed by atoms with Crippen molar-refractivity contribution in [2.45, 2.75) is 33.2 Å². The van der Waals surface area contributed by atoms with Crippen molar-refractivity contribution in [2.75, 3.05) is 13.7 Å². The van der Waals surface area contributed by atoms with Gasteiger partial charge in [-0.15, -0.1) is 0 Å². The van der Waals surface area contributed by atoms with E-state index < -0.39 is 5.97 Å². The van der Waals surface area contributed by atoms with E-state index in [2.05, 4.69) is 11.5 Å². The van der Waals surface area contributed by atoms with Gasteiger partial charge in [0.15, 0.2) is 0 Å². The maximum Gasteiger partial charge on any atom is 0.337 e. The zero-order valence-electron chi connectivity index (χ0n) is 10.3. The number of aromatic nitrogens is 1. The van der Waals surface area contributed by atoms with E-state index in [9.17, 15) is 4.79 Å². The number of methoxy groups -OCH3 is 1. The first-order chi connectivity index (χ1) is 7.49. The van der Waals surface area contributed by atoms with Crippen molar-refractivity contribution in [2.24, 2.45) is 0 Å². The predicted octanol–water partition coefficient (Wildman–Crippen LogP) is 2.40. The lowest BCUT2D eigenvalue weighted by atomic mass is 10.2. The molecule has 1 N–H and O–H groups in total. The summed E-state index contributed by atoms with van der Waals surface area (Å²) in [6.45, 7) is 6.54. The molecule has 0 bridgehead atoms. The number of aromatic carboxylic acids is 1. The van der Waals surface area contributed by atoms with Crippen molar-refractivity contribution in [3.05, 3.63) is 23.0 Å². The number of carboxylic acids is 1. The van der Waals surface area contributed by atoms with E-state index in [1.807, 2.05) is 13.8 Å². The minimum Gasteiger partial charge on any atom is -0.478 e. The monoisotopic (exact) mass is 225 g/mol. The fraction of sp³-hybridized carbons (Fsp3) is 0.583. The lowest BCUT2D eigenvalue weighted by Gasteiger charge is -2.18. The lowest BCUT2D eigenvalue weighted by Crippen LogP contribution is -2.11. The molecule has 0 fully saturated rings. The Kier molecular flexibility index (Phi) is 4.12.